The average Bonchev–Trinajstić information content (AvgIpc) is 2.86. The Bertz CT molecular complexity index is 1570. The zero-order chi connectivity index (χ0) is 29.3. The summed E-state index contributed by atoms with van der Waals surface area (Å²) in [5, 5.41) is 5.42. The number of alkyl halides is 6. The number of hydrogen-bond acceptors (Lipinski definition) is 4. The standard InChI is InChI=1S/C27H22F6N2O4S/c28-26(29,30)19-5-3-4-18(12-19)24(27(31,32)33)35-23(36)11-9-17-8-10-22(21-7-2-1-6-20(17)21)25(37)34-13-16-14-40(38,39)15-16/h1-12,16,24H,13-15H2,(H,34,37)(H,35,36)/b11-9+. The largest absolute Gasteiger partial charge is 0.416 e. The molecule has 2 N–H and O–H groups in total. The molecule has 13 heteroatoms. The maximum absolute atomic E-state index is 13.7. The fraction of sp³-hybridized carbons (Fsp3) is 0.259. The number of carbonyl (C=O) groups is 2. The summed E-state index contributed by atoms with van der Waals surface area (Å²) in [5.74, 6) is -1.80. The molecule has 1 unspecified atom stereocenters. The summed E-state index contributed by atoms with van der Waals surface area (Å²) in [5.41, 5.74) is -1.38. The van der Waals surface area contributed by atoms with Crippen molar-refractivity contribution >= 4 is 38.5 Å². The number of nitrogens with one attached hydrogen (secondary N) is 2. The first-order valence-corrected chi connectivity index (χ1v) is 13.7. The number of carbonyl (C=O) groups excluding carboxylic acids is 2. The van der Waals surface area contributed by atoms with Crippen LogP contribution in [-0.4, -0.2) is 44.5 Å². The first kappa shape index (κ1) is 29.1. The highest BCUT2D eigenvalue weighted by Crippen LogP contribution is 2.36. The van der Waals surface area contributed by atoms with E-state index in [0.717, 1.165) is 18.2 Å². The first-order chi connectivity index (χ1) is 18.6. The van der Waals surface area contributed by atoms with E-state index in [1.807, 2.05) is 0 Å². The lowest BCUT2D eigenvalue weighted by Gasteiger charge is -2.25. The van der Waals surface area contributed by atoms with E-state index in [4.69, 9.17) is 0 Å². The Hall–Kier alpha value is -3.87. The third-order valence-electron chi connectivity index (χ3n) is 6.31. The van der Waals surface area contributed by atoms with Gasteiger partial charge in [-0.05, 0) is 46.2 Å². The molecular formula is C27H22F6N2O4S. The van der Waals surface area contributed by atoms with Crippen LogP contribution < -0.4 is 10.6 Å². The maximum atomic E-state index is 13.7. The zero-order valence-electron chi connectivity index (χ0n) is 20.5. The second-order valence-corrected chi connectivity index (χ2v) is 11.5. The molecule has 40 heavy (non-hydrogen) atoms. The Morgan fingerprint density at radius 2 is 1.60 bits per heavy atom. The van der Waals surface area contributed by atoms with Crippen LogP contribution >= 0.6 is 0 Å². The Morgan fingerprint density at radius 1 is 0.925 bits per heavy atom. The van der Waals surface area contributed by atoms with E-state index in [1.165, 1.54) is 18.2 Å². The molecule has 0 aliphatic carbocycles. The average molecular weight is 585 g/mol. The molecule has 1 aliphatic heterocycles. The second kappa shape index (κ2) is 11.0. The number of halogens is 6. The van der Waals surface area contributed by atoms with Crippen molar-refractivity contribution in [2.24, 2.45) is 5.92 Å². The number of sulfone groups is 1. The van der Waals surface area contributed by atoms with E-state index < -0.39 is 51.2 Å². The van der Waals surface area contributed by atoms with E-state index >= 15 is 0 Å². The lowest BCUT2D eigenvalue weighted by molar-refractivity contribution is -0.162. The van der Waals surface area contributed by atoms with Gasteiger partial charge in [0.25, 0.3) is 5.91 Å². The molecule has 0 aromatic heterocycles. The van der Waals surface area contributed by atoms with Crippen LogP contribution in [0, 0.1) is 5.92 Å². The summed E-state index contributed by atoms with van der Waals surface area (Å²) in [4.78, 5) is 25.2. The summed E-state index contributed by atoms with van der Waals surface area (Å²) in [7, 11) is -3.04. The molecule has 1 aliphatic rings. The number of rotatable bonds is 7. The Balaban J connectivity index is 1.52. The summed E-state index contributed by atoms with van der Waals surface area (Å²) in [6, 6.07) is 9.53. The number of hydrogen-bond donors (Lipinski definition) is 2. The third-order valence-corrected chi connectivity index (χ3v) is 8.27. The Kier molecular flexibility index (Phi) is 7.97. The molecule has 1 fully saturated rings. The highest BCUT2D eigenvalue weighted by atomic mass is 32.2. The van der Waals surface area contributed by atoms with Gasteiger partial charge in [0.1, 0.15) is 0 Å². The van der Waals surface area contributed by atoms with Crippen LogP contribution in [0.2, 0.25) is 0 Å². The van der Waals surface area contributed by atoms with Crippen molar-refractivity contribution in [3.63, 3.8) is 0 Å². The molecule has 0 spiro atoms. The van der Waals surface area contributed by atoms with E-state index in [-0.39, 0.29) is 29.5 Å². The van der Waals surface area contributed by atoms with E-state index in [2.05, 4.69) is 5.32 Å². The molecule has 212 valence electrons. The van der Waals surface area contributed by atoms with Crippen molar-refractivity contribution in [2.75, 3.05) is 18.1 Å². The van der Waals surface area contributed by atoms with Gasteiger partial charge in [-0.15, -0.1) is 0 Å². The Labute approximate surface area is 225 Å². The summed E-state index contributed by atoms with van der Waals surface area (Å²) in [6.07, 6.45) is -7.87. The topological polar surface area (TPSA) is 92.3 Å². The van der Waals surface area contributed by atoms with Gasteiger partial charge in [-0.25, -0.2) is 8.42 Å². The quantitative estimate of drug-likeness (QED) is 0.300. The van der Waals surface area contributed by atoms with Crippen molar-refractivity contribution in [3.8, 4) is 0 Å². The van der Waals surface area contributed by atoms with Crippen molar-refractivity contribution < 1.29 is 44.3 Å². The van der Waals surface area contributed by atoms with Crippen molar-refractivity contribution in [3.05, 3.63) is 89.0 Å². The fourth-order valence-corrected chi connectivity index (χ4v) is 5.96. The number of fused-ring (bicyclic) bond motifs is 1. The van der Waals surface area contributed by atoms with Gasteiger partial charge in [-0.1, -0.05) is 42.5 Å². The van der Waals surface area contributed by atoms with Crippen LogP contribution in [0.4, 0.5) is 26.3 Å². The zero-order valence-corrected chi connectivity index (χ0v) is 21.3. The van der Waals surface area contributed by atoms with Gasteiger partial charge in [0, 0.05) is 24.1 Å². The smallest absolute Gasteiger partial charge is 0.352 e. The van der Waals surface area contributed by atoms with E-state index in [0.29, 0.717) is 28.5 Å². The highest BCUT2D eigenvalue weighted by Gasteiger charge is 2.42. The molecule has 1 heterocycles. The van der Waals surface area contributed by atoms with Crippen LogP contribution in [0.25, 0.3) is 16.8 Å². The molecule has 6 nitrogen and oxygen atoms in total. The second-order valence-electron chi connectivity index (χ2n) is 9.34. The summed E-state index contributed by atoms with van der Waals surface area (Å²) >= 11 is 0. The maximum Gasteiger partial charge on any atom is 0.416 e. The van der Waals surface area contributed by atoms with Crippen molar-refractivity contribution in [1.82, 2.24) is 10.6 Å². The van der Waals surface area contributed by atoms with Gasteiger partial charge in [0.05, 0.1) is 17.1 Å². The molecule has 0 radical (unpaired) electrons. The lowest BCUT2D eigenvalue weighted by atomic mass is 9.98. The number of amides is 2. The van der Waals surface area contributed by atoms with Gasteiger partial charge in [0.15, 0.2) is 15.9 Å². The molecule has 4 rings (SSSR count). The molecule has 3 aromatic rings. The minimum absolute atomic E-state index is 0.00276. The predicted octanol–water partition coefficient (Wildman–Crippen LogP) is 5.07. The minimum atomic E-state index is -5.07. The molecule has 2 amide bonds. The molecule has 1 atom stereocenters. The van der Waals surface area contributed by atoms with Crippen LogP contribution in [-0.2, 0) is 20.8 Å². The summed E-state index contributed by atoms with van der Waals surface area (Å²) < 4.78 is 103. The molecule has 3 aromatic carbocycles. The van der Waals surface area contributed by atoms with E-state index in [1.54, 1.807) is 29.6 Å². The van der Waals surface area contributed by atoms with Gasteiger partial charge >= 0.3 is 12.4 Å². The fourth-order valence-electron chi connectivity index (χ4n) is 4.39. The van der Waals surface area contributed by atoms with Crippen LogP contribution in [0.15, 0.2) is 66.7 Å². The highest BCUT2D eigenvalue weighted by molar-refractivity contribution is 7.92. The van der Waals surface area contributed by atoms with Gasteiger partial charge in [0.2, 0.25) is 5.91 Å². The van der Waals surface area contributed by atoms with Crippen molar-refractivity contribution in [2.45, 2.75) is 18.4 Å². The van der Waals surface area contributed by atoms with Crippen molar-refractivity contribution in [1.29, 1.82) is 0 Å². The van der Waals surface area contributed by atoms with Crippen LogP contribution in [0.3, 0.4) is 0 Å². The van der Waals surface area contributed by atoms with Gasteiger partial charge in [-0.2, -0.15) is 26.3 Å². The number of benzene rings is 3. The molecule has 0 saturated carbocycles. The van der Waals surface area contributed by atoms with Crippen LogP contribution in [0.1, 0.15) is 33.1 Å². The third kappa shape index (κ3) is 6.82. The SMILES string of the molecule is O=C(/C=C/c1ccc(C(=O)NCC2CS(=O)(=O)C2)c2ccccc12)NC(c1cccc(C(F)(F)F)c1)C(F)(F)F. The molecular weight excluding hydrogens is 562 g/mol. The van der Waals surface area contributed by atoms with E-state index in [9.17, 15) is 44.3 Å². The summed E-state index contributed by atoms with van der Waals surface area (Å²) in [6.45, 7) is 0.181. The van der Waals surface area contributed by atoms with Crippen LogP contribution in [0.5, 0.6) is 0 Å². The monoisotopic (exact) mass is 584 g/mol. The minimum Gasteiger partial charge on any atom is -0.352 e. The van der Waals surface area contributed by atoms with Gasteiger partial charge in [-0.3, -0.25) is 9.59 Å². The lowest BCUT2D eigenvalue weighted by Crippen LogP contribution is -2.44. The Morgan fingerprint density at radius 3 is 2.23 bits per heavy atom. The molecule has 0 bridgehead atoms. The molecule has 1 saturated heterocycles. The normalized spacial score (nSPS) is 16.4. The predicted molar refractivity (Wildman–Crippen MR) is 136 cm³/mol. The first-order valence-electron chi connectivity index (χ1n) is 11.9. The van der Waals surface area contributed by atoms with Gasteiger partial charge < -0.3 is 10.6 Å².